The lowest BCUT2D eigenvalue weighted by atomic mass is 9.84. The number of alkyl halides is 3. The van der Waals surface area contributed by atoms with Gasteiger partial charge in [0.1, 0.15) is 0 Å². The number of nitrogens with zero attached hydrogens (tertiary/aromatic N) is 1. The maximum absolute atomic E-state index is 12.8. The molecule has 0 radical (unpaired) electrons. The molecule has 7 heteroatoms. The number of hydrogen-bond donors (Lipinski definition) is 1. The van der Waals surface area contributed by atoms with E-state index in [0.29, 0.717) is 31.5 Å². The molecule has 3 nitrogen and oxygen atoms in total. The van der Waals surface area contributed by atoms with Crippen LogP contribution in [0.15, 0.2) is 53.0 Å². The number of likely N-dealkylation sites (tertiary alicyclic amines) is 1. The molecule has 1 heterocycles. The predicted octanol–water partition coefficient (Wildman–Crippen LogP) is 4.52. The summed E-state index contributed by atoms with van der Waals surface area (Å²) in [6.07, 6.45) is -3.72. The highest BCUT2D eigenvalue weighted by atomic mass is 79.9. The van der Waals surface area contributed by atoms with Crippen molar-refractivity contribution in [3.05, 3.63) is 69.7 Å². The van der Waals surface area contributed by atoms with E-state index in [2.05, 4.69) is 15.9 Å². The van der Waals surface area contributed by atoms with Crippen molar-refractivity contribution in [2.75, 3.05) is 13.1 Å². The highest BCUT2D eigenvalue weighted by Crippen LogP contribution is 2.34. The summed E-state index contributed by atoms with van der Waals surface area (Å²) in [5.41, 5.74) is -0.608. The molecule has 0 unspecified atom stereocenters. The van der Waals surface area contributed by atoms with Gasteiger partial charge in [-0.25, -0.2) is 0 Å². The number of carbonyl (C=O) groups excluding carboxylic acids is 1. The first-order valence-electron chi connectivity index (χ1n) is 8.60. The van der Waals surface area contributed by atoms with Gasteiger partial charge < -0.3 is 10.0 Å². The van der Waals surface area contributed by atoms with Crippen LogP contribution in [0.3, 0.4) is 0 Å². The van der Waals surface area contributed by atoms with Crippen LogP contribution in [-0.4, -0.2) is 29.0 Å². The normalized spacial score (nSPS) is 17.0. The number of halogens is 4. The molecule has 2 aromatic rings. The first-order chi connectivity index (χ1) is 12.7. The maximum Gasteiger partial charge on any atom is 0.416 e. The van der Waals surface area contributed by atoms with Crippen LogP contribution >= 0.6 is 15.9 Å². The Labute approximate surface area is 163 Å². The van der Waals surface area contributed by atoms with E-state index in [0.717, 1.165) is 22.2 Å². The Kier molecular flexibility index (Phi) is 5.63. The summed E-state index contributed by atoms with van der Waals surface area (Å²) in [7, 11) is 0. The van der Waals surface area contributed by atoms with Crippen LogP contribution in [0.1, 0.15) is 29.5 Å². The molecule has 1 amide bonds. The standard InChI is InChI=1S/C20H19BrF3NO2/c21-17-6-4-15(5-7-17)19(27)8-10-25(11-9-19)18(26)13-14-2-1-3-16(12-14)20(22,23)24/h1-7,12,27H,8-11,13H2. The maximum atomic E-state index is 12.8. The lowest BCUT2D eigenvalue weighted by Gasteiger charge is -2.38. The number of piperidine rings is 1. The number of hydrogen-bond acceptors (Lipinski definition) is 2. The van der Waals surface area contributed by atoms with E-state index in [1.54, 1.807) is 4.90 Å². The van der Waals surface area contributed by atoms with Gasteiger partial charge in [-0.3, -0.25) is 4.79 Å². The van der Waals surface area contributed by atoms with Gasteiger partial charge in [0.2, 0.25) is 5.91 Å². The molecule has 0 bridgehead atoms. The molecule has 1 saturated heterocycles. The third-order valence-electron chi connectivity index (χ3n) is 4.93. The molecule has 27 heavy (non-hydrogen) atoms. The highest BCUT2D eigenvalue weighted by Gasteiger charge is 2.35. The van der Waals surface area contributed by atoms with Crippen molar-refractivity contribution in [1.82, 2.24) is 4.90 Å². The number of amides is 1. The lowest BCUT2D eigenvalue weighted by molar-refractivity contribution is -0.138. The Hall–Kier alpha value is -1.86. The smallest absolute Gasteiger partial charge is 0.385 e. The summed E-state index contributed by atoms with van der Waals surface area (Å²) in [4.78, 5) is 14.1. The van der Waals surface area contributed by atoms with Gasteiger partial charge in [-0.2, -0.15) is 13.2 Å². The van der Waals surface area contributed by atoms with Gasteiger partial charge in [-0.1, -0.05) is 46.3 Å². The molecule has 0 aliphatic carbocycles. The average molecular weight is 442 g/mol. The largest absolute Gasteiger partial charge is 0.416 e. The molecule has 0 spiro atoms. The van der Waals surface area contributed by atoms with Crippen LogP contribution in [0.5, 0.6) is 0 Å². The van der Waals surface area contributed by atoms with Crippen LogP contribution in [0.2, 0.25) is 0 Å². The molecular formula is C20H19BrF3NO2. The van der Waals surface area contributed by atoms with Crippen molar-refractivity contribution >= 4 is 21.8 Å². The van der Waals surface area contributed by atoms with E-state index in [-0.39, 0.29) is 12.3 Å². The minimum absolute atomic E-state index is 0.0827. The molecule has 3 rings (SSSR count). The molecule has 0 saturated carbocycles. The second kappa shape index (κ2) is 7.64. The molecule has 1 aliphatic heterocycles. The van der Waals surface area contributed by atoms with Crippen LogP contribution in [0, 0.1) is 0 Å². The van der Waals surface area contributed by atoms with E-state index in [4.69, 9.17) is 0 Å². The third kappa shape index (κ3) is 4.71. The van der Waals surface area contributed by atoms with E-state index in [1.807, 2.05) is 24.3 Å². The average Bonchev–Trinajstić information content (AvgIpc) is 2.62. The van der Waals surface area contributed by atoms with Gasteiger partial charge in [0.15, 0.2) is 0 Å². The van der Waals surface area contributed by atoms with Crippen molar-refractivity contribution < 1.29 is 23.1 Å². The number of rotatable bonds is 3. The Morgan fingerprint density at radius 1 is 1.11 bits per heavy atom. The monoisotopic (exact) mass is 441 g/mol. The van der Waals surface area contributed by atoms with E-state index >= 15 is 0 Å². The van der Waals surface area contributed by atoms with E-state index < -0.39 is 17.3 Å². The van der Waals surface area contributed by atoms with Crippen LogP contribution in [0.25, 0.3) is 0 Å². The minimum atomic E-state index is -4.43. The summed E-state index contributed by atoms with van der Waals surface area (Å²) >= 11 is 3.36. The highest BCUT2D eigenvalue weighted by molar-refractivity contribution is 9.10. The van der Waals surface area contributed by atoms with Gasteiger partial charge in [0.25, 0.3) is 0 Å². The van der Waals surface area contributed by atoms with Gasteiger partial charge >= 0.3 is 6.18 Å². The van der Waals surface area contributed by atoms with Crippen molar-refractivity contribution in [3.8, 4) is 0 Å². The number of benzene rings is 2. The van der Waals surface area contributed by atoms with Crippen molar-refractivity contribution in [3.63, 3.8) is 0 Å². The summed E-state index contributed by atoms with van der Waals surface area (Å²) in [5.74, 6) is -0.229. The zero-order valence-electron chi connectivity index (χ0n) is 14.5. The first kappa shape index (κ1) is 19.9. The Balaban J connectivity index is 1.63. The van der Waals surface area contributed by atoms with Crippen molar-refractivity contribution in [1.29, 1.82) is 0 Å². The Morgan fingerprint density at radius 3 is 2.33 bits per heavy atom. The first-order valence-corrected chi connectivity index (χ1v) is 9.39. The number of aliphatic hydroxyl groups is 1. The van der Waals surface area contributed by atoms with Crippen molar-refractivity contribution in [2.24, 2.45) is 0 Å². The van der Waals surface area contributed by atoms with E-state index in [1.165, 1.54) is 12.1 Å². The minimum Gasteiger partial charge on any atom is -0.385 e. The molecule has 0 atom stereocenters. The molecule has 2 aromatic carbocycles. The predicted molar refractivity (Wildman–Crippen MR) is 99.0 cm³/mol. The number of carbonyl (C=O) groups is 1. The molecule has 0 aromatic heterocycles. The quantitative estimate of drug-likeness (QED) is 0.760. The van der Waals surface area contributed by atoms with Gasteiger partial charge in [-0.15, -0.1) is 0 Å². The summed E-state index contributed by atoms with van der Waals surface area (Å²) in [5, 5.41) is 10.9. The molecule has 1 N–H and O–H groups in total. The second-order valence-electron chi connectivity index (χ2n) is 6.79. The van der Waals surface area contributed by atoms with Gasteiger partial charge in [-0.05, 0) is 42.2 Å². The molecule has 1 aliphatic rings. The fourth-order valence-corrected chi connectivity index (χ4v) is 3.58. The second-order valence-corrected chi connectivity index (χ2v) is 7.71. The summed E-state index contributed by atoms with van der Waals surface area (Å²) in [6, 6.07) is 12.3. The van der Waals surface area contributed by atoms with Gasteiger partial charge in [0.05, 0.1) is 17.6 Å². The van der Waals surface area contributed by atoms with Crippen LogP contribution in [0.4, 0.5) is 13.2 Å². The zero-order chi connectivity index (χ0) is 19.7. The van der Waals surface area contributed by atoms with Crippen molar-refractivity contribution in [2.45, 2.75) is 31.0 Å². The van der Waals surface area contributed by atoms with Gasteiger partial charge in [0, 0.05) is 17.6 Å². The van der Waals surface area contributed by atoms with Crippen LogP contribution < -0.4 is 0 Å². The molecule has 144 valence electrons. The fraction of sp³-hybridized carbons (Fsp3) is 0.350. The summed E-state index contributed by atoms with van der Waals surface area (Å²) < 4.78 is 39.3. The van der Waals surface area contributed by atoms with E-state index in [9.17, 15) is 23.1 Å². The SMILES string of the molecule is O=C(Cc1cccc(C(F)(F)F)c1)N1CCC(O)(c2ccc(Br)cc2)CC1. The Bertz CT molecular complexity index is 813. The molecule has 1 fully saturated rings. The Morgan fingerprint density at radius 2 is 1.74 bits per heavy atom. The summed E-state index contributed by atoms with van der Waals surface area (Å²) in [6.45, 7) is 0.731. The topological polar surface area (TPSA) is 40.5 Å². The zero-order valence-corrected chi connectivity index (χ0v) is 16.1. The molecular weight excluding hydrogens is 423 g/mol. The van der Waals surface area contributed by atoms with Crippen LogP contribution in [-0.2, 0) is 23.0 Å². The lowest BCUT2D eigenvalue weighted by Crippen LogP contribution is -2.45. The third-order valence-corrected chi connectivity index (χ3v) is 5.46. The fourth-order valence-electron chi connectivity index (χ4n) is 3.32.